The lowest BCUT2D eigenvalue weighted by molar-refractivity contribution is -0.238. The largest absolute Gasteiger partial charge is 0.477 e. The van der Waals surface area contributed by atoms with Crippen molar-refractivity contribution >= 4 is 23.1 Å². The molecule has 7 nitrogen and oxygen atoms in total. The van der Waals surface area contributed by atoms with E-state index in [1.54, 1.807) is 13.0 Å². The van der Waals surface area contributed by atoms with Gasteiger partial charge in [-0.3, -0.25) is 0 Å². The van der Waals surface area contributed by atoms with Crippen LogP contribution in [0.25, 0.3) is 0 Å². The highest BCUT2D eigenvalue weighted by Gasteiger charge is 2.47. The predicted molar refractivity (Wildman–Crippen MR) is 115 cm³/mol. The maximum absolute atomic E-state index is 11.9. The number of likely N-dealkylation sites (N-methyl/N-ethyl adjacent to an activating group) is 1. The second-order valence-corrected chi connectivity index (χ2v) is 7.96. The van der Waals surface area contributed by atoms with Gasteiger partial charge in [-0.05, 0) is 18.7 Å². The fourth-order valence-electron chi connectivity index (χ4n) is 4.08. The van der Waals surface area contributed by atoms with Crippen molar-refractivity contribution in [2.75, 3.05) is 38.1 Å². The van der Waals surface area contributed by atoms with E-state index in [9.17, 15) is 15.0 Å². The fourth-order valence-corrected chi connectivity index (χ4v) is 4.08. The Kier molecular flexibility index (Phi) is 5.60. The van der Waals surface area contributed by atoms with Crippen LogP contribution in [0.4, 0.5) is 11.4 Å². The average Bonchev–Trinajstić information content (AvgIpc) is 2.76. The quantitative estimate of drug-likeness (QED) is 0.739. The van der Waals surface area contributed by atoms with Crippen molar-refractivity contribution in [3.63, 3.8) is 0 Å². The predicted octanol–water partition coefficient (Wildman–Crippen LogP) is 2.61. The van der Waals surface area contributed by atoms with Crippen LogP contribution in [-0.2, 0) is 21.9 Å². The summed E-state index contributed by atoms with van der Waals surface area (Å²) in [6, 6.07) is 15.1. The lowest BCUT2D eigenvalue weighted by atomic mass is 9.84. The molecule has 0 saturated carbocycles. The molecule has 2 aromatic rings. The third kappa shape index (κ3) is 3.71. The number of para-hydroxylation sites is 1. The summed E-state index contributed by atoms with van der Waals surface area (Å²) in [5, 5.41) is 21.4. The van der Waals surface area contributed by atoms with E-state index in [4.69, 9.17) is 4.74 Å². The van der Waals surface area contributed by atoms with Gasteiger partial charge >= 0.3 is 5.97 Å². The first-order valence-corrected chi connectivity index (χ1v) is 10.2. The number of piperazine rings is 1. The fraction of sp³-hybridized carbons (Fsp3) is 0.391. The van der Waals surface area contributed by atoms with E-state index in [1.807, 2.05) is 42.5 Å². The lowest BCUT2D eigenvalue weighted by Crippen LogP contribution is -2.47. The lowest BCUT2D eigenvalue weighted by Gasteiger charge is -2.40. The molecule has 4 rings (SSSR count). The van der Waals surface area contributed by atoms with Crippen LogP contribution in [0.15, 0.2) is 53.5 Å². The standard InChI is InChI=1S/C23H27N3O4/c1-16-20(22(27)28)24-21-18(23(16,29)30-15-17-7-4-3-5-8-17)9-6-10-19(21)26-13-11-25(2)12-14-26/h3-10,16,29H,11-15H2,1-2H3,(H,27,28). The summed E-state index contributed by atoms with van der Waals surface area (Å²) >= 11 is 0. The van der Waals surface area contributed by atoms with Gasteiger partial charge in [-0.15, -0.1) is 0 Å². The second kappa shape index (κ2) is 8.18. The number of fused-ring (bicyclic) bond motifs is 1. The third-order valence-electron chi connectivity index (χ3n) is 5.99. The van der Waals surface area contributed by atoms with Gasteiger partial charge in [0.15, 0.2) is 0 Å². The van der Waals surface area contributed by atoms with Crippen molar-refractivity contribution in [1.82, 2.24) is 4.90 Å². The highest BCUT2D eigenvalue weighted by molar-refractivity contribution is 6.37. The van der Waals surface area contributed by atoms with Gasteiger partial charge in [-0.2, -0.15) is 0 Å². The minimum atomic E-state index is -1.79. The molecule has 1 fully saturated rings. The zero-order chi connectivity index (χ0) is 21.3. The third-order valence-corrected chi connectivity index (χ3v) is 5.99. The van der Waals surface area contributed by atoms with Crippen LogP contribution in [-0.4, -0.2) is 60.0 Å². The zero-order valence-corrected chi connectivity index (χ0v) is 17.3. The van der Waals surface area contributed by atoms with Crippen molar-refractivity contribution < 1.29 is 19.7 Å². The summed E-state index contributed by atoms with van der Waals surface area (Å²) in [7, 11) is 2.08. The Morgan fingerprint density at radius 1 is 1.13 bits per heavy atom. The molecule has 0 spiro atoms. The average molecular weight is 409 g/mol. The zero-order valence-electron chi connectivity index (χ0n) is 17.3. The molecular formula is C23H27N3O4. The molecule has 0 amide bonds. The number of carbonyl (C=O) groups is 1. The van der Waals surface area contributed by atoms with E-state index in [1.165, 1.54) is 0 Å². The van der Waals surface area contributed by atoms with Crippen molar-refractivity contribution in [2.45, 2.75) is 19.3 Å². The summed E-state index contributed by atoms with van der Waals surface area (Å²) in [6.07, 6.45) is 0. The monoisotopic (exact) mass is 409 g/mol. The van der Waals surface area contributed by atoms with E-state index < -0.39 is 17.7 Å². The molecule has 2 atom stereocenters. The SMILES string of the molecule is CC1C(C(=O)O)=Nc2c(N3CCN(C)CC3)cccc2C1(O)OCc1ccccc1. The van der Waals surface area contributed by atoms with Gasteiger partial charge in [0, 0.05) is 31.7 Å². The summed E-state index contributed by atoms with van der Waals surface area (Å²) in [4.78, 5) is 20.9. The summed E-state index contributed by atoms with van der Waals surface area (Å²) in [5.41, 5.74) is 2.61. The first-order chi connectivity index (χ1) is 14.4. The number of aliphatic hydroxyl groups is 1. The van der Waals surface area contributed by atoms with Crippen LogP contribution in [0.3, 0.4) is 0 Å². The molecule has 158 valence electrons. The molecule has 1 saturated heterocycles. The Morgan fingerprint density at radius 3 is 2.50 bits per heavy atom. The van der Waals surface area contributed by atoms with E-state index in [0.717, 1.165) is 37.4 Å². The van der Waals surface area contributed by atoms with Gasteiger partial charge in [-0.1, -0.05) is 49.4 Å². The van der Waals surface area contributed by atoms with Crippen LogP contribution in [0.5, 0.6) is 0 Å². The highest BCUT2D eigenvalue weighted by Crippen LogP contribution is 2.47. The molecule has 2 aliphatic rings. The van der Waals surface area contributed by atoms with Crippen molar-refractivity contribution in [2.24, 2.45) is 10.9 Å². The van der Waals surface area contributed by atoms with E-state index in [-0.39, 0.29) is 12.3 Å². The Labute approximate surface area is 176 Å². The number of carboxylic acid groups (broad SMARTS) is 1. The molecule has 2 aliphatic heterocycles. The molecule has 0 bridgehead atoms. The molecule has 2 heterocycles. The number of nitrogens with zero attached hydrogens (tertiary/aromatic N) is 3. The molecule has 2 unspecified atom stereocenters. The number of benzene rings is 2. The molecule has 7 heteroatoms. The molecule has 30 heavy (non-hydrogen) atoms. The summed E-state index contributed by atoms with van der Waals surface area (Å²) < 4.78 is 6.02. The molecule has 0 aromatic heterocycles. The minimum absolute atomic E-state index is 0.0976. The molecule has 0 aliphatic carbocycles. The molecule has 2 aromatic carbocycles. The number of hydrogen-bond donors (Lipinski definition) is 2. The summed E-state index contributed by atoms with van der Waals surface area (Å²) in [5.74, 6) is -3.76. The molecule has 0 radical (unpaired) electrons. The number of aliphatic imine (C=N–C) groups is 1. The number of aliphatic carboxylic acids is 1. The van der Waals surface area contributed by atoms with Crippen LogP contribution in [0, 0.1) is 5.92 Å². The number of rotatable bonds is 5. The maximum atomic E-state index is 11.9. The van der Waals surface area contributed by atoms with Gasteiger partial charge in [0.05, 0.1) is 23.9 Å². The Morgan fingerprint density at radius 2 is 1.83 bits per heavy atom. The van der Waals surface area contributed by atoms with Gasteiger partial charge in [0.25, 0.3) is 0 Å². The van der Waals surface area contributed by atoms with Crippen molar-refractivity contribution in [3.8, 4) is 0 Å². The van der Waals surface area contributed by atoms with Crippen molar-refractivity contribution in [3.05, 3.63) is 59.7 Å². The van der Waals surface area contributed by atoms with Crippen LogP contribution in [0.2, 0.25) is 0 Å². The molecule has 2 N–H and O–H groups in total. The topological polar surface area (TPSA) is 85.6 Å². The van der Waals surface area contributed by atoms with Crippen LogP contribution in [0.1, 0.15) is 18.1 Å². The van der Waals surface area contributed by atoms with Crippen LogP contribution >= 0.6 is 0 Å². The smallest absolute Gasteiger partial charge is 0.350 e. The number of hydrogen-bond acceptors (Lipinski definition) is 6. The van der Waals surface area contributed by atoms with Crippen LogP contribution < -0.4 is 4.90 Å². The summed E-state index contributed by atoms with van der Waals surface area (Å²) in [6.45, 7) is 5.23. The number of ether oxygens (including phenoxy) is 1. The van der Waals surface area contributed by atoms with Gasteiger partial charge in [-0.25, -0.2) is 9.79 Å². The Hall–Kier alpha value is -2.74. The number of carboxylic acids is 1. The highest BCUT2D eigenvalue weighted by atomic mass is 16.6. The first kappa shape index (κ1) is 20.5. The van der Waals surface area contributed by atoms with Gasteiger partial charge in [0.1, 0.15) is 5.71 Å². The Bertz CT molecular complexity index is 954. The maximum Gasteiger partial charge on any atom is 0.350 e. The van der Waals surface area contributed by atoms with E-state index >= 15 is 0 Å². The van der Waals surface area contributed by atoms with E-state index in [0.29, 0.717) is 11.3 Å². The minimum Gasteiger partial charge on any atom is -0.477 e. The number of anilines is 1. The normalized spacial score (nSPS) is 24.3. The Balaban J connectivity index is 1.75. The molecular weight excluding hydrogens is 382 g/mol. The second-order valence-electron chi connectivity index (χ2n) is 7.96. The van der Waals surface area contributed by atoms with E-state index in [2.05, 4.69) is 21.8 Å². The first-order valence-electron chi connectivity index (χ1n) is 10.2. The van der Waals surface area contributed by atoms with Crippen molar-refractivity contribution in [1.29, 1.82) is 0 Å². The van der Waals surface area contributed by atoms with Gasteiger partial charge < -0.3 is 24.7 Å². The van der Waals surface area contributed by atoms with Gasteiger partial charge in [0.2, 0.25) is 5.79 Å².